The van der Waals surface area contributed by atoms with Crippen molar-refractivity contribution in [2.75, 3.05) is 11.9 Å². The van der Waals surface area contributed by atoms with Crippen LogP contribution >= 0.6 is 0 Å². The largest absolute Gasteiger partial charge is 1.00 e. The molecule has 0 atom stereocenters. The number of hydrogen-bond acceptors (Lipinski definition) is 7. The second-order valence-electron chi connectivity index (χ2n) is 5.32. The summed E-state index contributed by atoms with van der Waals surface area (Å²) in [4.78, 5) is 11.8. The van der Waals surface area contributed by atoms with Crippen LogP contribution in [0.4, 0.5) is 5.69 Å². The minimum Gasteiger partial charge on any atom is -0.742 e. The van der Waals surface area contributed by atoms with Crippen molar-refractivity contribution in [2.24, 2.45) is 5.10 Å². The van der Waals surface area contributed by atoms with Crippen molar-refractivity contribution >= 4 is 38.7 Å². The van der Waals surface area contributed by atoms with Gasteiger partial charge in [-0.2, -0.15) is 5.10 Å². The van der Waals surface area contributed by atoms with Crippen LogP contribution in [0.1, 0.15) is 5.76 Å². The Morgan fingerprint density at radius 1 is 1.11 bits per heavy atom. The van der Waals surface area contributed by atoms with Gasteiger partial charge >= 0.3 is 29.6 Å². The summed E-state index contributed by atoms with van der Waals surface area (Å²) >= 11 is 0. The van der Waals surface area contributed by atoms with E-state index in [4.69, 9.17) is 4.42 Å². The fourth-order valence-corrected chi connectivity index (χ4v) is 2.66. The van der Waals surface area contributed by atoms with Crippen molar-refractivity contribution < 1.29 is 51.7 Å². The fourth-order valence-electron chi connectivity index (χ4n) is 2.23. The Kier molecular flexibility index (Phi) is 7.17. The molecule has 0 bridgehead atoms. The van der Waals surface area contributed by atoms with Gasteiger partial charge in [-0.25, -0.2) is 13.8 Å². The molecule has 3 aromatic rings. The normalized spacial score (nSPS) is 11.3. The molecule has 3 rings (SSSR count). The SMILES string of the molecule is O=C(CNc1ccc2ccccc2c1)N/N=C/c1ccc(S(=O)(=O)[O-])o1.[Na+]. The van der Waals surface area contributed by atoms with E-state index in [1.54, 1.807) is 0 Å². The standard InChI is InChI=1S/C17H15N3O5S.Na/c21-16(20-19-10-15-7-8-17(25-15)26(22,23)24)11-18-14-6-5-12-3-1-2-4-13(12)9-14;/h1-10,18H,11H2,(H,20,21)(H,22,23,24);/q;+1/p-1/b19-10+;. The van der Waals surface area contributed by atoms with Crippen LogP contribution < -0.4 is 40.3 Å². The molecule has 2 N–H and O–H groups in total. The molecule has 134 valence electrons. The van der Waals surface area contributed by atoms with Crippen LogP contribution in [0.3, 0.4) is 0 Å². The number of benzene rings is 2. The second kappa shape index (κ2) is 9.16. The minimum absolute atomic E-state index is 0. The van der Waals surface area contributed by atoms with Gasteiger partial charge in [-0.15, -0.1) is 0 Å². The van der Waals surface area contributed by atoms with Gasteiger partial charge in [-0.1, -0.05) is 30.3 Å². The molecular formula is C17H14N3NaO5S. The maximum atomic E-state index is 11.8. The van der Waals surface area contributed by atoms with Gasteiger partial charge in [0.1, 0.15) is 5.76 Å². The van der Waals surface area contributed by atoms with Crippen molar-refractivity contribution in [1.29, 1.82) is 0 Å². The maximum absolute atomic E-state index is 11.8. The average Bonchev–Trinajstić information content (AvgIpc) is 3.09. The molecule has 2 aromatic carbocycles. The third-order valence-electron chi connectivity index (χ3n) is 3.43. The first-order chi connectivity index (χ1) is 12.4. The number of rotatable bonds is 6. The molecule has 0 saturated heterocycles. The van der Waals surface area contributed by atoms with Gasteiger partial charge in [0.2, 0.25) is 5.09 Å². The van der Waals surface area contributed by atoms with Crippen molar-refractivity contribution in [2.45, 2.75) is 5.09 Å². The van der Waals surface area contributed by atoms with E-state index in [1.807, 2.05) is 42.5 Å². The molecule has 0 radical (unpaired) electrons. The number of hydrazone groups is 1. The van der Waals surface area contributed by atoms with Crippen LogP contribution in [-0.4, -0.2) is 31.6 Å². The van der Waals surface area contributed by atoms with Gasteiger partial charge in [0.15, 0.2) is 10.1 Å². The van der Waals surface area contributed by atoms with E-state index >= 15 is 0 Å². The number of anilines is 1. The summed E-state index contributed by atoms with van der Waals surface area (Å²) in [5.41, 5.74) is 3.06. The van der Waals surface area contributed by atoms with Gasteiger partial charge in [0.05, 0.1) is 12.8 Å². The number of carbonyl (C=O) groups is 1. The molecule has 10 heteroatoms. The summed E-state index contributed by atoms with van der Waals surface area (Å²) in [6.45, 7) is -0.00593. The number of nitrogens with one attached hydrogen (secondary N) is 2. The zero-order chi connectivity index (χ0) is 18.6. The summed E-state index contributed by atoms with van der Waals surface area (Å²) < 4.78 is 37.1. The van der Waals surface area contributed by atoms with E-state index in [2.05, 4.69) is 15.8 Å². The minimum atomic E-state index is -4.65. The number of furan rings is 1. The molecule has 8 nitrogen and oxygen atoms in total. The number of nitrogens with zero attached hydrogens (tertiary/aromatic N) is 1. The predicted molar refractivity (Wildman–Crippen MR) is 94.8 cm³/mol. The Balaban J connectivity index is 0.00000261. The number of amides is 1. The Labute approximate surface area is 177 Å². The second-order valence-corrected chi connectivity index (χ2v) is 6.63. The molecule has 0 aliphatic rings. The number of hydrogen-bond donors (Lipinski definition) is 2. The Hall–Kier alpha value is -2.17. The third kappa shape index (κ3) is 5.91. The quantitative estimate of drug-likeness (QED) is 0.236. The van der Waals surface area contributed by atoms with Crippen LogP contribution in [0, 0.1) is 0 Å². The first kappa shape index (κ1) is 21.1. The summed E-state index contributed by atoms with van der Waals surface area (Å²) in [5, 5.41) is 8.07. The first-order valence-electron chi connectivity index (χ1n) is 7.52. The monoisotopic (exact) mass is 395 g/mol. The van der Waals surface area contributed by atoms with E-state index in [0.717, 1.165) is 28.7 Å². The summed E-state index contributed by atoms with van der Waals surface area (Å²) in [7, 11) is -4.65. The molecule has 0 spiro atoms. The van der Waals surface area contributed by atoms with Crippen molar-refractivity contribution in [3.8, 4) is 0 Å². The third-order valence-corrected chi connectivity index (χ3v) is 4.14. The molecule has 0 fully saturated rings. The van der Waals surface area contributed by atoms with E-state index in [1.165, 1.54) is 6.07 Å². The molecule has 0 saturated carbocycles. The molecule has 1 heterocycles. The molecule has 0 unspecified atom stereocenters. The zero-order valence-corrected chi connectivity index (χ0v) is 17.2. The van der Waals surface area contributed by atoms with Gasteiger partial charge in [-0.3, -0.25) is 4.79 Å². The van der Waals surface area contributed by atoms with Crippen LogP contribution in [0.2, 0.25) is 0 Å². The first-order valence-corrected chi connectivity index (χ1v) is 8.93. The summed E-state index contributed by atoms with van der Waals surface area (Å²) in [5.74, 6) is -0.375. The van der Waals surface area contributed by atoms with E-state index < -0.39 is 21.1 Å². The van der Waals surface area contributed by atoms with Crippen molar-refractivity contribution in [3.63, 3.8) is 0 Å². The summed E-state index contributed by atoms with van der Waals surface area (Å²) in [6.07, 6.45) is 1.10. The van der Waals surface area contributed by atoms with Gasteiger partial charge in [0, 0.05) is 5.69 Å². The van der Waals surface area contributed by atoms with Gasteiger partial charge < -0.3 is 14.3 Å². The zero-order valence-electron chi connectivity index (χ0n) is 14.4. The number of fused-ring (bicyclic) bond motifs is 1. The smallest absolute Gasteiger partial charge is 0.742 e. The fraction of sp³-hybridized carbons (Fsp3) is 0.0588. The Morgan fingerprint density at radius 2 is 1.85 bits per heavy atom. The molecule has 1 aromatic heterocycles. The van der Waals surface area contributed by atoms with Crippen LogP contribution in [0.25, 0.3) is 10.8 Å². The van der Waals surface area contributed by atoms with E-state index in [9.17, 15) is 17.8 Å². The molecular weight excluding hydrogens is 381 g/mol. The summed E-state index contributed by atoms with van der Waals surface area (Å²) in [6, 6.07) is 15.9. The van der Waals surface area contributed by atoms with Gasteiger partial charge in [-0.05, 0) is 35.0 Å². The van der Waals surface area contributed by atoms with Gasteiger partial charge in [0.25, 0.3) is 5.91 Å². The molecule has 27 heavy (non-hydrogen) atoms. The average molecular weight is 395 g/mol. The molecule has 0 aliphatic heterocycles. The van der Waals surface area contributed by atoms with E-state index in [-0.39, 0.29) is 41.9 Å². The number of carbonyl (C=O) groups excluding carboxylic acids is 1. The van der Waals surface area contributed by atoms with Crippen LogP contribution in [-0.2, 0) is 14.9 Å². The predicted octanol–water partition coefficient (Wildman–Crippen LogP) is -1.10. The van der Waals surface area contributed by atoms with Crippen LogP contribution in [0.5, 0.6) is 0 Å². The topological polar surface area (TPSA) is 124 Å². The Bertz CT molecular complexity index is 1080. The van der Waals surface area contributed by atoms with E-state index in [0.29, 0.717) is 0 Å². The molecule has 0 aliphatic carbocycles. The molecule has 1 amide bonds. The maximum Gasteiger partial charge on any atom is 1.00 e. The van der Waals surface area contributed by atoms with Crippen molar-refractivity contribution in [1.82, 2.24) is 5.43 Å². The Morgan fingerprint density at radius 3 is 2.56 bits per heavy atom. The van der Waals surface area contributed by atoms with Crippen LogP contribution in [0.15, 0.2) is 69.2 Å². The van der Waals surface area contributed by atoms with Crippen molar-refractivity contribution in [3.05, 3.63) is 60.4 Å².